The molecule has 0 spiro atoms. The summed E-state index contributed by atoms with van der Waals surface area (Å²) >= 11 is 1.59. The van der Waals surface area contributed by atoms with Crippen molar-refractivity contribution in [3.63, 3.8) is 0 Å². The highest BCUT2D eigenvalue weighted by Crippen LogP contribution is 2.29. The maximum Gasteiger partial charge on any atom is 0.244 e. The van der Waals surface area contributed by atoms with Gasteiger partial charge in [0, 0.05) is 16.5 Å². The molecule has 0 saturated carbocycles. The summed E-state index contributed by atoms with van der Waals surface area (Å²) in [6, 6.07) is 9.25. The molecule has 0 saturated heterocycles. The van der Waals surface area contributed by atoms with Crippen LogP contribution in [0.5, 0.6) is 11.5 Å². The third-order valence-corrected chi connectivity index (χ3v) is 4.04. The van der Waals surface area contributed by atoms with Crippen LogP contribution >= 0.6 is 11.3 Å². The van der Waals surface area contributed by atoms with Crippen LogP contribution < -0.4 is 14.8 Å². The molecule has 0 aliphatic heterocycles. The highest BCUT2D eigenvalue weighted by atomic mass is 32.1. The Morgan fingerprint density at radius 1 is 1.27 bits per heavy atom. The Kier molecular flexibility index (Phi) is 5.61. The molecule has 22 heavy (non-hydrogen) atoms. The van der Waals surface area contributed by atoms with E-state index in [0.29, 0.717) is 0 Å². The molecule has 0 fully saturated rings. The van der Waals surface area contributed by atoms with Crippen molar-refractivity contribution in [2.75, 3.05) is 14.2 Å². The van der Waals surface area contributed by atoms with Gasteiger partial charge in [0.2, 0.25) is 5.91 Å². The van der Waals surface area contributed by atoms with Crippen LogP contribution in [0.15, 0.2) is 41.8 Å². The Hall–Kier alpha value is -2.27. The summed E-state index contributed by atoms with van der Waals surface area (Å²) in [5.41, 5.74) is 0.875. The molecule has 0 aliphatic rings. The molecule has 1 atom stereocenters. The quantitative estimate of drug-likeness (QED) is 0.827. The number of amides is 1. The van der Waals surface area contributed by atoms with Crippen molar-refractivity contribution in [1.82, 2.24) is 5.32 Å². The van der Waals surface area contributed by atoms with Gasteiger partial charge in [-0.3, -0.25) is 4.79 Å². The van der Waals surface area contributed by atoms with E-state index in [0.717, 1.165) is 21.9 Å². The van der Waals surface area contributed by atoms with E-state index in [4.69, 9.17) is 9.47 Å². The normalized spacial score (nSPS) is 12.1. The van der Waals surface area contributed by atoms with Gasteiger partial charge in [0.1, 0.15) is 11.5 Å². The van der Waals surface area contributed by atoms with E-state index < -0.39 is 0 Å². The summed E-state index contributed by atoms with van der Waals surface area (Å²) in [4.78, 5) is 13.1. The first kappa shape index (κ1) is 16.1. The number of carbonyl (C=O) groups excluding carboxylic acids is 1. The second-order valence-corrected chi connectivity index (χ2v) is 5.67. The van der Waals surface area contributed by atoms with E-state index in [-0.39, 0.29) is 11.9 Å². The molecule has 1 heterocycles. The molecule has 2 aromatic rings. The van der Waals surface area contributed by atoms with Gasteiger partial charge in [-0.1, -0.05) is 6.07 Å². The number of carbonyl (C=O) groups is 1. The number of thiophene rings is 1. The number of nitrogens with one attached hydrogen (secondary N) is 1. The number of benzene rings is 1. The second kappa shape index (κ2) is 7.66. The Labute approximate surface area is 134 Å². The lowest BCUT2D eigenvalue weighted by atomic mass is 10.1. The molecular formula is C17H19NO3S. The Morgan fingerprint density at radius 3 is 2.73 bits per heavy atom. The van der Waals surface area contributed by atoms with Gasteiger partial charge in [-0.05, 0) is 42.6 Å². The lowest BCUT2D eigenvalue weighted by Gasteiger charge is -2.17. The fraction of sp³-hybridized carbons (Fsp3) is 0.235. The van der Waals surface area contributed by atoms with Crippen LogP contribution in [0.3, 0.4) is 0 Å². The fourth-order valence-electron chi connectivity index (χ4n) is 2.06. The Morgan fingerprint density at radius 2 is 2.09 bits per heavy atom. The third-order valence-electron chi connectivity index (χ3n) is 3.20. The smallest absolute Gasteiger partial charge is 0.244 e. The summed E-state index contributed by atoms with van der Waals surface area (Å²) in [6.07, 6.45) is 3.34. The minimum atomic E-state index is -0.189. The van der Waals surface area contributed by atoms with E-state index in [2.05, 4.69) is 5.32 Å². The molecule has 0 aliphatic carbocycles. The number of rotatable bonds is 6. The van der Waals surface area contributed by atoms with Crippen molar-refractivity contribution in [2.24, 2.45) is 0 Å². The van der Waals surface area contributed by atoms with Crippen LogP contribution in [0.2, 0.25) is 0 Å². The maximum absolute atomic E-state index is 12.0. The van der Waals surface area contributed by atoms with E-state index >= 15 is 0 Å². The molecule has 2 rings (SSSR count). The van der Waals surface area contributed by atoms with Gasteiger partial charge in [-0.25, -0.2) is 0 Å². The summed E-state index contributed by atoms with van der Waals surface area (Å²) < 4.78 is 10.6. The largest absolute Gasteiger partial charge is 0.497 e. The number of hydrogen-bond donors (Lipinski definition) is 1. The maximum atomic E-state index is 12.0. The minimum absolute atomic E-state index is 0.147. The molecule has 4 nitrogen and oxygen atoms in total. The minimum Gasteiger partial charge on any atom is -0.497 e. The Bertz CT molecular complexity index is 650. The lowest BCUT2D eigenvalue weighted by Crippen LogP contribution is -2.25. The van der Waals surface area contributed by atoms with Crippen LogP contribution in [0.4, 0.5) is 0 Å². The van der Waals surface area contributed by atoms with Gasteiger partial charge in [0.25, 0.3) is 0 Å². The molecule has 1 amide bonds. The van der Waals surface area contributed by atoms with Crippen LogP contribution in [-0.4, -0.2) is 20.1 Å². The van der Waals surface area contributed by atoms with Crippen molar-refractivity contribution >= 4 is 23.3 Å². The molecule has 0 bridgehead atoms. The van der Waals surface area contributed by atoms with E-state index in [1.165, 1.54) is 6.08 Å². The zero-order chi connectivity index (χ0) is 15.9. The first-order chi connectivity index (χ1) is 10.6. The van der Waals surface area contributed by atoms with Crippen molar-refractivity contribution in [1.29, 1.82) is 0 Å². The predicted octanol–water partition coefficient (Wildman–Crippen LogP) is 3.66. The SMILES string of the molecule is COc1ccc(OC)c([C@H](C)NC(=O)/C=C/c2cccs2)c1. The van der Waals surface area contributed by atoms with Gasteiger partial charge in [-0.15, -0.1) is 11.3 Å². The number of hydrogen-bond acceptors (Lipinski definition) is 4. The van der Waals surface area contributed by atoms with Gasteiger partial charge in [-0.2, -0.15) is 0 Å². The van der Waals surface area contributed by atoms with Crippen molar-refractivity contribution in [2.45, 2.75) is 13.0 Å². The first-order valence-electron chi connectivity index (χ1n) is 6.88. The second-order valence-electron chi connectivity index (χ2n) is 4.69. The summed E-state index contributed by atoms with van der Waals surface area (Å²) in [7, 11) is 3.22. The van der Waals surface area contributed by atoms with Gasteiger partial charge < -0.3 is 14.8 Å². The summed E-state index contributed by atoms with van der Waals surface area (Å²) in [5.74, 6) is 1.30. The lowest BCUT2D eigenvalue weighted by molar-refractivity contribution is -0.117. The summed E-state index contributed by atoms with van der Waals surface area (Å²) in [6.45, 7) is 1.91. The standard InChI is InChI=1S/C17H19NO3S/c1-12(15-11-13(20-2)6-8-16(15)21-3)18-17(19)9-7-14-5-4-10-22-14/h4-12H,1-3H3,(H,18,19)/b9-7+/t12-/m0/s1. The summed E-state index contributed by atoms with van der Waals surface area (Å²) in [5, 5.41) is 4.90. The average Bonchev–Trinajstić information content (AvgIpc) is 3.05. The topological polar surface area (TPSA) is 47.6 Å². The van der Waals surface area contributed by atoms with E-state index in [9.17, 15) is 4.79 Å². The molecular weight excluding hydrogens is 298 g/mol. The third kappa shape index (κ3) is 4.11. The molecule has 1 N–H and O–H groups in total. The van der Waals surface area contributed by atoms with Gasteiger partial charge in [0.15, 0.2) is 0 Å². The highest BCUT2D eigenvalue weighted by Gasteiger charge is 2.14. The molecule has 1 aromatic heterocycles. The molecule has 1 aromatic carbocycles. The predicted molar refractivity (Wildman–Crippen MR) is 89.5 cm³/mol. The fourth-order valence-corrected chi connectivity index (χ4v) is 2.68. The first-order valence-corrected chi connectivity index (χ1v) is 7.76. The molecule has 0 radical (unpaired) electrons. The van der Waals surface area contributed by atoms with Gasteiger partial charge in [0.05, 0.1) is 20.3 Å². The zero-order valence-corrected chi connectivity index (χ0v) is 13.6. The monoisotopic (exact) mass is 317 g/mol. The molecule has 116 valence electrons. The average molecular weight is 317 g/mol. The highest BCUT2D eigenvalue weighted by molar-refractivity contribution is 7.10. The van der Waals surface area contributed by atoms with Crippen LogP contribution in [0, 0.1) is 0 Å². The van der Waals surface area contributed by atoms with E-state index in [1.54, 1.807) is 31.6 Å². The van der Waals surface area contributed by atoms with Gasteiger partial charge >= 0.3 is 0 Å². The van der Waals surface area contributed by atoms with E-state index in [1.807, 2.05) is 42.6 Å². The number of ether oxygens (including phenoxy) is 2. The molecule has 0 unspecified atom stereocenters. The number of methoxy groups -OCH3 is 2. The Balaban J connectivity index is 2.08. The zero-order valence-electron chi connectivity index (χ0n) is 12.8. The van der Waals surface area contributed by atoms with Crippen LogP contribution in [-0.2, 0) is 4.79 Å². The molecule has 5 heteroatoms. The van der Waals surface area contributed by atoms with Crippen molar-refractivity contribution in [3.05, 3.63) is 52.2 Å². The van der Waals surface area contributed by atoms with Crippen LogP contribution in [0.25, 0.3) is 6.08 Å². The van der Waals surface area contributed by atoms with Crippen molar-refractivity contribution in [3.8, 4) is 11.5 Å². The van der Waals surface area contributed by atoms with Crippen molar-refractivity contribution < 1.29 is 14.3 Å². The van der Waals surface area contributed by atoms with Crippen LogP contribution in [0.1, 0.15) is 23.4 Å².